The van der Waals surface area contributed by atoms with Gasteiger partial charge in [0.1, 0.15) is 5.75 Å². The molecule has 0 heterocycles. The van der Waals surface area contributed by atoms with Crippen LogP contribution in [0.5, 0.6) is 5.75 Å². The minimum Gasteiger partial charge on any atom is -0.507 e. The molecule has 3 heteroatoms. The fourth-order valence-electron chi connectivity index (χ4n) is 0.911. The van der Waals surface area contributed by atoms with Crippen LogP contribution in [0.3, 0.4) is 0 Å². The summed E-state index contributed by atoms with van der Waals surface area (Å²) in [5, 5.41) is 18.8. The maximum atomic E-state index is 9.41. The second-order valence-electron chi connectivity index (χ2n) is 2.58. The Bertz CT molecular complexity index is 423. The lowest BCUT2D eigenvalue weighted by Crippen LogP contribution is -1.80. The first-order valence-electron chi connectivity index (χ1n) is 4.06. The van der Waals surface area contributed by atoms with Crippen molar-refractivity contribution in [3.63, 3.8) is 0 Å². The van der Waals surface area contributed by atoms with E-state index < -0.39 is 0 Å². The minimum atomic E-state index is 0.117. The average Bonchev–Trinajstić information content (AvgIpc) is 2.21. The van der Waals surface area contributed by atoms with Crippen LogP contribution in [0.4, 0.5) is 0 Å². The largest absolute Gasteiger partial charge is 0.507 e. The van der Waals surface area contributed by atoms with Gasteiger partial charge in [-0.25, -0.2) is 0 Å². The number of nitriles is 1. The standard InChI is InChI=1S/C11H8BrNO/c12-6-2-1-3-10-7-9(8-13)4-5-11(10)14/h4-5,7,14H,2,6H2. The van der Waals surface area contributed by atoms with E-state index in [1.807, 2.05) is 6.07 Å². The number of hydrogen-bond donors (Lipinski definition) is 1. The molecular weight excluding hydrogens is 242 g/mol. The van der Waals surface area contributed by atoms with Crippen molar-refractivity contribution in [3.05, 3.63) is 29.3 Å². The average molecular weight is 250 g/mol. The van der Waals surface area contributed by atoms with Gasteiger partial charge in [0, 0.05) is 11.8 Å². The van der Waals surface area contributed by atoms with E-state index in [0.717, 1.165) is 11.8 Å². The first-order chi connectivity index (χ1) is 6.77. The normalized spacial score (nSPS) is 8.57. The smallest absolute Gasteiger partial charge is 0.131 e. The fraction of sp³-hybridized carbons (Fsp3) is 0.182. The van der Waals surface area contributed by atoms with Gasteiger partial charge in [0.05, 0.1) is 17.2 Å². The van der Waals surface area contributed by atoms with Crippen molar-refractivity contribution in [1.29, 1.82) is 5.26 Å². The highest BCUT2D eigenvalue weighted by Crippen LogP contribution is 2.16. The maximum absolute atomic E-state index is 9.41. The molecule has 0 unspecified atom stereocenters. The predicted molar refractivity (Wildman–Crippen MR) is 58.1 cm³/mol. The molecule has 0 saturated carbocycles. The number of aromatic hydroxyl groups is 1. The molecule has 2 nitrogen and oxygen atoms in total. The zero-order chi connectivity index (χ0) is 10.4. The van der Waals surface area contributed by atoms with Gasteiger partial charge in [0.25, 0.3) is 0 Å². The van der Waals surface area contributed by atoms with Crippen molar-refractivity contribution >= 4 is 15.9 Å². The van der Waals surface area contributed by atoms with Gasteiger partial charge < -0.3 is 5.11 Å². The summed E-state index contributed by atoms with van der Waals surface area (Å²) in [7, 11) is 0. The van der Waals surface area contributed by atoms with Crippen molar-refractivity contribution in [2.45, 2.75) is 6.42 Å². The van der Waals surface area contributed by atoms with E-state index in [-0.39, 0.29) is 5.75 Å². The SMILES string of the molecule is N#Cc1ccc(O)c(C#CCCBr)c1. The number of alkyl halides is 1. The zero-order valence-electron chi connectivity index (χ0n) is 7.42. The van der Waals surface area contributed by atoms with Crippen molar-refractivity contribution in [3.8, 4) is 23.7 Å². The number of phenols is 1. The molecule has 14 heavy (non-hydrogen) atoms. The molecule has 0 spiro atoms. The number of phenolic OH excluding ortho intramolecular Hbond substituents is 1. The van der Waals surface area contributed by atoms with Crippen LogP contribution >= 0.6 is 15.9 Å². The Balaban J connectivity index is 2.98. The molecule has 1 aromatic carbocycles. The molecule has 0 radical (unpaired) electrons. The van der Waals surface area contributed by atoms with Gasteiger partial charge in [0.15, 0.2) is 0 Å². The van der Waals surface area contributed by atoms with E-state index in [0.29, 0.717) is 11.1 Å². The topological polar surface area (TPSA) is 44.0 Å². The van der Waals surface area contributed by atoms with Crippen molar-refractivity contribution in [2.24, 2.45) is 0 Å². The highest BCUT2D eigenvalue weighted by atomic mass is 79.9. The molecule has 0 atom stereocenters. The van der Waals surface area contributed by atoms with Crippen molar-refractivity contribution < 1.29 is 5.11 Å². The first-order valence-corrected chi connectivity index (χ1v) is 5.18. The van der Waals surface area contributed by atoms with Crippen molar-refractivity contribution in [1.82, 2.24) is 0 Å². The molecule has 0 fully saturated rings. The molecule has 0 aromatic heterocycles. The fourth-order valence-corrected chi connectivity index (χ4v) is 1.11. The third kappa shape index (κ3) is 2.80. The molecule has 1 rings (SSSR count). The van der Waals surface area contributed by atoms with E-state index >= 15 is 0 Å². The lowest BCUT2D eigenvalue weighted by molar-refractivity contribution is 0.473. The second-order valence-corrected chi connectivity index (χ2v) is 3.38. The molecule has 0 aliphatic carbocycles. The summed E-state index contributed by atoms with van der Waals surface area (Å²) in [6.07, 6.45) is 0.718. The van der Waals surface area contributed by atoms with Crippen LogP contribution in [0.1, 0.15) is 17.5 Å². The second kappa shape index (κ2) is 5.32. The highest BCUT2D eigenvalue weighted by Gasteiger charge is 1.98. The van der Waals surface area contributed by atoms with Gasteiger partial charge in [0.2, 0.25) is 0 Å². The van der Waals surface area contributed by atoms with Crippen LogP contribution in [-0.2, 0) is 0 Å². The molecule has 0 amide bonds. The molecule has 0 saturated heterocycles. The number of halogens is 1. The zero-order valence-corrected chi connectivity index (χ0v) is 9.00. The number of benzene rings is 1. The lowest BCUT2D eigenvalue weighted by Gasteiger charge is -1.95. The van der Waals surface area contributed by atoms with Crippen LogP contribution in [0.15, 0.2) is 18.2 Å². The van der Waals surface area contributed by atoms with Crippen LogP contribution in [0.25, 0.3) is 0 Å². The summed E-state index contributed by atoms with van der Waals surface area (Å²) in [5.41, 5.74) is 1.01. The van der Waals surface area contributed by atoms with E-state index in [9.17, 15) is 5.11 Å². The quantitative estimate of drug-likeness (QED) is 0.614. The van der Waals surface area contributed by atoms with E-state index in [1.54, 1.807) is 12.1 Å². The van der Waals surface area contributed by atoms with Gasteiger partial charge in [-0.2, -0.15) is 5.26 Å². The van der Waals surface area contributed by atoms with E-state index in [4.69, 9.17) is 5.26 Å². The van der Waals surface area contributed by atoms with Gasteiger partial charge in [-0.1, -0.05) is 27.8 Å². The van der Waals surface area contributed by atoms with Crippen LogP contribution in [0, 0.1) is 23.2 Å². The third-order valence-corrected chi connectivity index (χ3v) is 1.96. The van der Waals surface area contributed by atoms with E-state index in [2.05, 4.69) is 27.8 Å². The molecular formula is C11H8BrNO. The molecule has 70 valence electrons. The predicted octanol–water partition coefficient (Wildman–Crippen LogP) is 2.40. The van der Waals surface area contributed by atoms with Gasteiger partial charge in [-0.15, -0.1) is 0 Å². The Hall–Kier alpha value is -1.45. The highest BCUT2D eigenvalue weighted by molar-refractivity contribution is 9.09. The van der Waals surface area contributed by atoms with Gasteiger partial charge in [-0.05, 0) is 18.2 Å². The van der Waals surface area contributed by atoms with Crippen molar-refractivity contribution in [2.75, 3.05) is 5.33 Å². The Kier molecular flexibility index (Phi) is 4.04. The van der Waals surface area contributed by atoms with Crippen LogP contribution in [0.2, 0.25) is 0 Å². The summed E-state index contributed by atoms with van der Waals surface area (Å²) >= 11 is 3.25. The summed E-state index contributed by atoms with van der Waals surface area (Å²) in [6, 6.07) is 6.62. The molecule has 1 N–H and O–H groups in total. The summed E-state index contributed by atoms with van der Waals surface area (Å²) in [5.74, 6) is 5.80. The van der Waals surface area contributed by atoms with Gasteiger partial charge >= 0.3 is 0 Å². The number of rotatable bonds is 1. The number of nitrogens with zero attached hydrogens (tertiary/aromatic N) is 1. The lowest BCUT2D eigenvalue weighted by atomic mass is 10.1. The Morgan fingerprint density at radius 2 is 2.21 bits per heavy atom. The molecule has 1 aromatic rings. The van der Waals surface area contributed by atoms with Crippen LogP contribution < -0.4 is 0 Å². The first kappa shape index (κ1) is 10.6. The third-order valence-electron chi connectivity index (χ3n) is 1.57. The Morgan fingerprint density at radius 3 is 2.86 bits per heavy atom. The summed E-state index contributed by atoms with van der Waals surface area (Å²) in [6.45, 7) is 0. The monoisotopic (exact) mass is 249 g/mol. The molecule has 0 aliphatic rings. The Labute approximate surface area is 91.3 Å². The van der Waals surface area contributed by atoms with Crippen LogP contribution in [-0.4, -0.2) is 10.4 Å². The van der Waals surface area contributed by atoms with E-state index in [1.165, 1.54) is 6.07 Å². The minimum absolute atomic E-state index is 0.117. The van der Waals surface area contributed by atoms with Gasteiger partial charge in [-0.3, -0.25) is 0 Å². The molecule has 0 bridgehead atoms. The Morgan fingerprint density at radius 1 is 1.43 bits per heavy atom. The summed E-state index contributed by atoms with van der Waals surface area (Å²) in [4.78, 5) is 0. The summed E-state index contributed by atoms with van der Waals surface area (Å²) < 4.78 is 0. The number of hydrogen-bond acceptors (Lipinski definition) is 2. The molecule has 0 aliphatic heterocycles. The maximum Gasteiger partial charge on any atom is 0.131 e.